The largest absolute Gasteiger partial charge is 0.496 e. The molecule has 1 fully saturated rings. The van der Waals surface area contributed by atoms with Crippen LogP contribution in [0.4, 0.5) is 0 Å². The second kappa shape index (κ2) is 6.57. The molecule has 128 valence electrons. The van der Waals surface area contributed by atoms with Gasteiger partial charge in [-0.15, -0.1) is 0 Å². The Bertz CT molecular complexity index is 905. The van der Waals surface area contributed by atoms with E-state index in [0.717, 1.165) is 28.8 Å². The van der Waals surface area contributed by atoms with Crippen LogP contribution in [0.1, 0.15) is 22.0 Å². The van der Waals surface area contributed by atoms with Crippen LogP contribution in [0.5, 0.6) is 5.75 Å². The number of H-pyrrole nitrogens is 1. The number of piperazine rings is 1. The van der Waals surface area contributed by atoms with E-state index in [4.69, 9.17) is 4.74 Å². The molecular formula is C19H20N4O2. The van der Waals surface area contributed by atoms with Crippen LogP contribution in [-0.4, -0.2) is 47.7 Å². The summed E-state index contributed by atoms with van der Waals surface area (Å²) < 4.78 is 5.51. The number of nitrogens with one attached hydrogen (secondary N) is 2. The van der Waals surface area contributed by atoms with Crippen molar-refractivity contribution in [2.75, 3.05) is 26.7 Å². The van der Waals surface area contributed by atoms with E-state index in [1.165, 1.54) is 0 Å². The fourth-order valence-electron chi connectivity index (χ4n) is 3.48. The first-order valence-corrected chi connectivity index (χ1v) is 8.36. The number of aromatic nitrogens is 2. The number of carbonyl (C=O) groups excluding carboxylic acids is 1. The molecule has 1 saturated heterocycles. The second-order valence-electron chi connectivity index (χ2n) is 6.10. The average molecular weight is 336 g/mol. The number of para-hydroxylation sites is 1. The van der Waals surface area contributed by atoms with E-state index in [0.29, 0.717) is 18.7 Å². The molecule has 1 unspecified atom stereocenters. The molecule has 6 nitrogen and oxygen atoms in total. The van der Waals surface area contributed by atoms with Crippen LogP contribution < -0.4 is 10.1 Å². The van der Waals surface area contributed by atoms with Crippen molar-refractivity contribution >= 4 is 16.8 Å². The minimum atomic E-state index is -0.0699. The molecule has 0 radical (unpaired) electrons. The molecule has 3 aromatic rings. The van der Waals surface area contributed by atoms with Gasteiger partial charge in [-0.05, 0) is 18.2 Å². The lowest BCUT2D eigenvalue weighted by molar-refractivity contribution is 0.0633. The molecule has 0 aliphatic carbocycles. The van der Waals surface area contributed by atoms with Crippen LogP contribution in [0.3, 0.4) is 0 Å². The van der Waals surface area contributed by atoms with Gasteiger partial charge in [0.05, 0.1) is 30.4 Å². The van der Waals surface area contributed by atoms with Gasteiger partial charge in [-0.25, -0.2) is 0 Å². The number of carbonyl (C=O) groups is 1. The quantitative estimate of drug-likeness (QED) is 0.770. The Morgan fingerprint density at radius 2 is 2.12 bits per heavy atom. The Kier molecular flexibility index (Phi) is 4.11. The summed E-state index contributed by atoms with van der Waals surface area (Å²) in [5, 5.41) is 11.2. The molecule has 1 aliphatic rings. The zero-order valence-corrected chi connectivity index (χ0v) is 14.0. The van der Waals surface area contributed by atoms with Crippen LogP contribution in [0.25, 0.3) is 10.9 Å². The van der Waals surface area contributed by atoms with Gasteiger partial charge in [0.25, 0.3) is 5.91 Å². The van der Waals surface area contributed by atoms with Crippen molar-refractivity contribution < 1.29 is 9.53 Å². The molecule has 4 rings (SSSR count). The van der Waals surface area contributed by atoms with Gasteiger partial charge in [-0.2, -0.15) is 5.10 Å². The summed E-state index contributed by atoms with van der Waals surface area (Å²) >= 11 is 0. The van der Waals surface area contributed by atoms with Crippen LogP contribution in [0, 0.1) is 0 Å². The van der Waals surface area contributed by atoms with Crippen molar-refractivity contribution in [3.05, 3.63) is 59.8 Å². The van der Waals surface area contributed by atoms with E-state index in [1.807, 2.05) is 47.4 Å². The summed E-state index contributed by atoms with van der Waals surface area (Å²) in [5.74, 6) is 0.819. The molecule has 2 heterocycles. The number of aromatic amines is 1. The fraction of sp³-hybridized carbons (Fsp3) is 0.263. The first-order chi connectivity index (χ1) is 12.3. The van der Waals surface area contributed by atoms with E-state index in [1.54, 1.807) is 13.3 Å². The van der Waals surface area contributed by atoms with E-state index in [-0.39, 0.29) is 11.9 Å². The number of rotatable bonds is 3. The smallest absolute Gasteiger partial charge is 0.255 e. The predicted octanol–water partition coefficient (Wildman–Crippen LogP) is 2.36. The summed E-state index contributed by atoms with van der Waals surface area (Å²) in [7, 11) is 1.66. The first kappa shape index (κ1) is 15.7. The van der Waals surface area contributed by atoms with Crippen molar-refractivity contribution in [1.82, 2.24) is 20.4 Å². The number of ether oxygens (including phenoxy) is 1. The van der Waals surface area contributed by atoms with Crippen LogP contribution in [0.2, 0.25) is 0 Å². The van der Waals surface area contributed by atoms with Crippen molar-refractivity contribution in [2.24, 2.45) is 0 Å². The van der Waals surface area contributed by atoms with Crippen molar-refractivity contribution in [3.63, 3.8) is 0 Å². The van der Waals surface area contributed by atoms with Crippen LogP contribution >= 0.6 is 0 Å². The Morgan fingerprint density at radius 1 is 1.24 bits per heavy atom. The minimum absolute atomic E-state index is 0.0180. The molecule has 1 aliphatic heterocycles. The summed E-state index contributed by atoms with van der Waals surface area (Å²) in [6.45, 7) is 2.13. The van der Waals surface area contributed by atoms with Crippen molar-refractivity contribution in [2.45, 2.75) is 6.04 Å². The standard InChI is InChI=1S/C19H20N4O2/c1-25-18-8-3-2-5-14(18)17-12-20-9-10-23(17)19(24)13-6-4-7-16-15(13)11-21-22-16/h2-8,11,17,20H,9-10,12H2,1H3,(H,21,22). The molecule has 2 aromatic carbocycles. The number of nitrogens with zero attached hydrogens (tertiary/aromatic N) is 2. The highest BCUT2D eigenvalue weighted by atomic mass is 16.5. The maximum Gasteiger partial charge on any atom is 0.255 e. The van der Waals surface area contributed by atoms with Gasteiger partial charge in [-0.3, -0.25) is 9.89 Å². The van der Waals surface area contributed by atoms with Crippen LogP contribution in [-0.2, 0) is 0 Å². The van der Waals surface area contributed by atoms with Gasteiger partial charge in [-0.1, -0.05) is 24.3 Å². The molecule has 1 aromatic heterocycles. The van der Waals surface area contributed by atoms with Crippen LogP contribution in [0.15, 0.2) is 48.7 Å². The highest BCUT2D eigenvalue weighted by molar-refractivity contribution is 6.06. The van der Waals surface area contributed by atoms with Crippen molar-refractivity contribution in [1.29, 1.82) is 0 Å². The van der Waals surface area contributed by atoms with E-state index < -0.39 is 0 Å². The highest BCUT2D eigenvalue weighted by Crippen LogP contribution is 2.32. The Labute approximate surface area is 145 Å². The zero-order chi connectivity index (χ0) is 17.2. The maximum atomic E-state index is 13.3. The van der Waals surface area contributed by atoms with E-state index in [9.17, 15) is 4.79 Å². The van der Waals surface area contributed by atoms with Gasteiger partial charge in [0.15, 0.2) is 0 Å². The molecule has 1 amide bonds. The molecule has 1 atom stereocenters. The molecule has 0 saturated carbocycles. The minimum Gasteiger partial charge on any atom is -0.496 e. The normalized spacial score (nSPS) is 17.6. The van der Waals surface area contributed by atoms with E-state index in [2.05, 4.69) is 15.5 Å². The van der Waals surface area contributed by atoms with Gasteiger partial charge in [0.1, 0.15) is 5.75 Å². The maximum absolute atomic E-state index is 13.3. The summed E-state index contributed by atoms with van der Waals surface area (Å²) in [4.78, 5) is 15.2. The third-order valence-corrected chi connectivity index (χ3v) is 4.72. The molecular weight excluding hydrogens is 316 g/mol. The van der Waals surface area contributed by atoms with Gasteiger partial charge < -0.3 is 15.0 Å². The molecule has 2 N–H and O–H groups in total. The lowest BCUT2D eigenvalue weighted by Crippen LogP contribution is -2.48. The lowest BCUT2D eigenvalue weighted by Gasteiger charge is -2.37. The number of hydrogen-bond donors (Lipinski definition) is 2. The van der Waals surface area contributed by atoms with E-state index >= 15 is 0 Å². The third-order valence-electron chi connectivity index (χ3n) is 4.72. The predicted molar refractivity (Wildman–Crippen MR) is 95.7 cm³/mol. The summed E-state index contributed by atoms with van der Waals surface area (Å²) in [5.41, 5.74) is 2.56. The third kappa shape index (κ3) is 2.74. The number of amides is 1. The molecule has 0 bridgehead atoms. The highest BCUT2D eigenvalue weighted by Gasteiger charge is 2.31. The number of fused-ring (bicyclic) bond motifs is 1. The Morgan fingerprint density at radius 3 is 3.00 bits per heavy atom. The second-order valence-corrected chi connectivity index (χ2v) is 6.10. The number of methoxy groups -OCH3 is 1. The molecule has 0 spiro atoms. The Hall–Kier alpha value is -2.86. The van der Waals surface area contributed by atoms with Gasteiger partial charge in [0, 0.05) is 30.6 Å². The number of benzene rings is 2. The van der Waals surface area contributed by atoms with Gasteiger partial charge >= 0.3 is 0 Å². The van der Waals surface area contributed by atoms with Gasteiger partial charge in [0.2, 0.25) is 0 Å². The number of hydrogen-bond acceptors (Lipinski definition) is 4. The fourth-order valence-corrected chi connectivity index (χ4v) is 3.48. The first-order valence-electron chi connectivity index (χ1n) is 8.36. The summed E-state index contributed by atoms with van der Waals surface area (Å²) in [6, 6.07) is 13.5. The Balaban J connectivity index is 1.74. The summed E-state index contributed by atoms with van der Waals surface area (Å²) in [6.07, 6.45) is 1.71. The average Bonchev–Trinajstić information content (AvgIpc) is 3.16. The van der Waals surface area contributed by atoms with Crippen molar-refractivity contribution in [3.8, 4) is 5.75 Å². The lowest BCUT2D eigenvalue weighted by atomic mass is 10.00. The topological polar surface area (TPSA) is 70.2 Å². The molecule has 6 heteroatoms. The SMILES string of the molecule is COc1ccccc1C1CNCCN1C(=O)c1cccc2[nH]ncc12. The monoisotopic (exact) mass is 336 g/mol. The zero-order valence-electron chi connectivity index (χ0n) is 14.0. The molecule has 25 heavy (non-hydrogen) atoms.